The van der Waals surface area contributed by atoms with Crippen LogP contribution in [0.25, 0.3) is 0 Å². The van der Waals surface area contributed by atoms with E-state index in [1.165, 1.54) is 141 Å². The summed E-state index contributed by atoms with van der Waals surface area (Å²) in [5, 5.41) is 13.9. The standard InChI is InChI=1S/C65H115N2O6P/c1-6-8-10-12-14-16-18-20-22-24-25-26-27-28-29-30-31-32-33-34-35-36-37-38-39-40-41-43-45-47-49-51-53-55-57-59-65(69)66-63(62-73-74(70,71)72-61-60-67(3,4)5)64(68)58-56-54-52-50-48-46-44-42-23-21-19-17-15-13-11-9-7-2/h8,10,14,16,20,22,25-26,28-29,31-32,34-35,48,50,56,58,63-64,68H,6-7,9,11-13,15,17-19,21,23-24,27,30,33,36-47,49,51-55,57,59-62H2,1-5H3,(H-,66,69,70,71)/p+1/b10-8-,16-14-,22-20-,26-25-,29-28-,32-31-,35-34-,50-48+,58-56+. The number of unbranched alkanes of at least 4 members (excludes halogenated alkanes) is 25. The summed E-state index contributed by atoms with van der Waals surface area (Å²) in [7, 11) is 1.55. The monoisotopic (exact) mass is 1050 g/mol. The number of nitrogens with one attached hydrogen (secondary N) is 1. The molecule has 0 radical (unpaired) electrons. The van der Waals surface area contributed by atoms with E-state index < -0.39 is 20.0 Å². The second-order valence-corrected chi connectivity index (χ2v) is 22.8. The zero-order valence-corrected chi connectivity index (χ0v) is 49.4. The number of hydrogen-bond acceptors (Lipinski definition) is 5. The van der Waals surface area contributed by atoms with Gasteiger partial charge in [-0.2, -0.15) is 0 Å². The van der Waals surface area contributed by atoms with Crippen molar-refractivity contribution in [3.63, 3.8) is 0 Å². The highest BCUT2D eigenvalue weighted by molar-refractivity contribution is 7.47. The van der Waals surface area contributed by atoms with E-state index in [0.717, 1.165) is 83.5 Å². The molecule has 426 valence electrons. The number of amides is 1. The second kappa shape index (κ2) is 54.9. The van der Waals surface area contributed by atoms with E-state index in [-0.39, 0.29) is 19.1 Å². The molecular weight excluding hydrogens is 936 g/mol. The fraction of sp³-hybridized carbons (Fsp3) is 0.708. The molecule has 0 heterocycles. The highest BCUT2D eigenvalue weighted by Gasteiger charge is 2.27. The molecule has 0 aromatic rings. The van der Waals surface area contributed by atoms with E-state index in [1.54, 1.807) is 6.08 Å². The fourth-order valence-corrected chi connectivity index (χ4v) is 9.01. The molecule has 0 fully saturated rings. The number of phosphoric ester groups is 1. The molecule has 3 unspecified atom stereocenters. The van der Waals surface area contributed by atoms with Crippen LogP contribution in [-0.2, 0) is 18.4 Å². The van der Waals surface area contributed by atoms with Gasteiger partial charge in [0.25, 0.3) is 0 Å². The largest absolute Gasteiger partial charge is 0.472 e. The fourth-order valence-electron chi connectivity index (χ4n) is 8.27. The molecule has 0 saturated heterocycles. The molecule has 0 rings (SSSR count). The van der Waals surface area contributed by atoms with E-state index in [2.05, 4.69) is 116 Å². The van der Waals surface area contributed by atoms with Crippen LogP contribution in [0.5, 0.6) is 0 Å². The van der Waals surface area contributed by atoms with Crippen LogP contribution >= 0.6 is 7.82 Å². The summed E-state index contributed by atoms with van der Waals surface area (Å²) >= 11 is 0. The Morgan fingerprint density at radius 2 is 0.824 bits per heavy atom. The number of rotatable bonds is 54. The number of aliphatic hydroxyl groups excluding tert-OH is 1. The summed E-state index contributed by atoms with van der Waals surface area (Å²) < 4.78 is 23.7. The maximum atomic E-state index is 13.0. The SMILES string of the molecule is CC/C=C\C/C=C\C/C=C\C/C=C\C/C=C\C/C=C\C/C=C\CCCCCCCCCCCCCCCC(=O)NC(COP(=O)(O)OCC[N+](C)(C)C)C(O)/C=C/CC/C=C/CCCCCCCCCCCCC. The number of nitrogens with zero attached hydrogens (tertiary/aromatic N) is 1. The lowest BCUT2D eigenvalue weighted by Gasteiger charge is -2.25. The Hall–Kier alpha value is -2.84. The third-order valence-electron chi connectivity index (χ3n) is 13.0. The Morgan fingerprint density at radius 1 is 0.473 bits per heavy atom. The molecule has 0 aliphatic rings. The summed E-state index contributed by atoms with van der Waals surface area (Å²) in [6.07, 6.45) is 80.6. The molecular formula is C65H116N2O6P+. The molecule has 1 amide bonds. The van der Waals surface area contributed by atoms with Gasteiger partial charge in [0.15, 0.2) is 0 Å². The van der Waals surface area contributed by atoms with Crippen molar-refractivity contribution in [3.8, 4) is 0 Å². The van der Waals surface area contributed by atoms with E-state index in [4.69, 9.17) is 9.05 Å². The minimum Gasteiger partial charge on any atom is -0.387 e. The Labute approximate surface area is 457 Å². The summed E-state index contributed by atoms with van der Waals surface area (Å²) in [6.45, 7) is 4.68. The van der Waals surface area contributed by atoms with Gasteiger partial charge in [-0.25, -0.2) is 4.57 Å². The molecule has 0 aliphatic heterocycles. The predicted molar refractivity (Wildman–Crippen MR) is 322 cm³/mol. The zero-order chi connectivity index (χ0) is 54.2. The lowest BCUT2D eigenvalue weighted by molar-refractivity contribution is -0.870. The second-order valence-electron chi connectivity index (χ2n) is 21.3. The van der Waals surface area contributed by atoms with Gasteiger partial charge in [0.1, 0.15) is 13.2 Å². The summed E-state index contributed by atoms with van der Waals surface area (Å²) in [5.74, 6) is -0.191. The van der Waals surface area contributed by atoms with Crippen LogP contribution in [0.1, 0.15) is 245 Å². The lowest BCUT2D eigenvalue weighted by atomic mass is 10.0. The first kappa shape index (κ1) is 71.2. The van der Waals surface area contributed by atoms with Gasteiger partial charge in [-0.1, -0.05) is 258 Å². The van der Waals surface area contributed by atoms with Crippen molar-refractivity contribution in [2.75, 3.05) is 40.9 Å². The smallest absolute Gasteiger partial charge is 0.387 e. The number of phosphoric acid groups is 1. The average Bonchev–Trinajstić information content (AvgIpc) is 3.36. The first-order valence-corrected chi connectivity index (χ1v) is 31.8. The van der Waals surface area contributed by atoms with Crippen LogP contribution in [0, 0.1) is 0 Å². The number of quaternary nitrogens is 1. The molecule has 3 N–H and O–H groups in total. The minimum absolute atomic E-state index is 0.0519. The normalized spacial score (nSPS) is 14.6. The molecule has 0 aromatic heterocycles. The highest BCUT2D eigenvalue weighted by atomic mass is 31.2. The molecule has 0 saturated carbocycles. The van der Waals surface area contributed by atoms with Gasteiger partial charge < -0.3 is 19.8 Å². The van der Waals surface area contributed by atoms with E-state index in [9.17, 15) is 19.4 Å². The molecule has 8 nitrogen and oxygen atoms in total. The molecule has 0 aromatic carbocycles. The average molecular weight is 1050 g/mol. The minimum atomic E-state index is -4.36. The van der Waals surface area contributed by atoms with Gasteiger partial charge in [0.2, 0.25) is 5.91 Å². The van der Waals surface area contributed by atoms with E-state index in [1.807, 2.05) is 27.2 Å². The molecule has 0 spiro atoms. The number of hydrogen-bond donors (Lipinski definition) is 3. The van der Waals surface area contributed by atoms with Gasteiger partial charge in [0.05, 0.1) is 39.9 Å². The first-order chi connectivity index (χ1) is 36.0. The van der Waals surface area contributed by atoms with E-state index >= 15 is 0 Å². The zero-order valence-electron chi connectivity index (χ0n) is 48.5. The van der Waals surface area contributed by atoms with Crippen LogP contribution in [0.3, 0.4) is 0 Å². The Kier molecular flexibility index (Phi) is 52.8. The highest BCUT2D eigenvalue weighted by Crippen LogP contribution is 2.43. The Bertz CT molecular complexity index is 1570. The summed E-state index contributed by atoms with van der Waals surface area (Å²) in [4.78, 5) is 23.3. The maximum absolute atomic E-state index is 13.0. The molecule has 74 heavy (non-hydrogen) atoms. The Morgan fingerprint density at radius 3 is 1.24 bits per heavy atom. The van der Waals surface area contributed by atoms with Crippen molar-refractivity contribution in [2.24, 2.45) is 0 Å². The molecule has 9 heteroatoms. The molecule has 3 atom stereocenters. The van der Waals surface area contributed by atoms with Crippen LogP contribution in [-0.4, -0.2) is 73.4 Å². The molecule has 0 bridgehead atoms. The summed E-state index contributed by atoms with van der Waals surface area (Å²) in [5.41, 5.74) is 0. The summed E-state index contributed by atoms with van der Waals surface area (Å²) in [6, 6.07) is -0.870. The number of likely N-dealkylation sites (N-methyl/N-ethyl adjacent to an activating group) is 1. The van der Waals surface area contributed by atoms with Gasteiger partial charge in [-0.05, 0) is 89.9 Å². The van der Waals surface area contributed by atoms with E-state index in [0.29, 0.717) is 17.4 Å². The van der Waals surface area contributed by atoms with Crippen LogP contribution in [0.15, 0.2) is 109 Å². The van der Waals surface area contributed by atoms with Gasteiger partial charge in [-0.15, -0.1) is 0 Å². The van der Waals surface area contributed by atoms with Crippen molar-refractivity contribution in [3.05, 3.63) is 109 Å². The van der Waals surface area contributed by atoms with Gasteiger partial charge in [0, 0.05) is 6.42 Å². The number of carbonyl (C=O) groups is 1. The quantitative estimate of drug-likeness (QED) is 0.0243. The first-order valence-electron chi connectivity index (χ1n) is 30.3. The van der Waals surface area contributed by atoms with Crippen LogP contribution in [0.4, 0.5) is 0 Å². The van der Waals surface area contributed by atoms with Crippen molar-refractivity contribution in [1.29, 1.82) is 0 Å². The van der Waals surface area contributed by atoms with Crippen molar-refractivity contribution >= 4 is 13.7 Å². The van der Waals surface area contributed by atoms with Gasteiger partial charge in [-0.3, -0.25) is 13.8 Å². The number of allylic oxidation sites excluding steroid dienone is 17. The maximum Gasteiger partial charge on any atom is 0.472 e. The topological polar surface area (TPSA) is 105 Å². The lowest BCUT2D eigenvalue weighted by Crippen LogP contribution is -2.45. The predicted octanol–water partition coefficient (Wildman–Crippen LogP) is 18.8. The Balaban J connectivity index is 4.15. The van der Waals surface area contributed by atoms with Crippen LogP contribution in [0.2, 0.25) is 0 Å². The number of carbonyl (C=O) groups excluding carboxylic acids is 1. The van der Waals surface area contributed by atoms with Crippen LogP contribution < -0.4 is 5.32 Å². The number of aliphatic hydroxyl groups is 1. The van der Waals surface area contributed by atoms with Crippen molar-refractivity contribution < 1.29 is 32.9 Å². The third-order valence-corrected chi connectivity index (χ3v) is 14.0. The molecule has 0 aliphatic carbocycles. The third kappa shape index (κ3) is 56.9. The van der Waals surface area contributed by atoms with Gasteiger partial charge >= 0.3 is 7.82 Å². The van der Waals surface area contributed by atoms with Crippen molar-refractivity contribution in [2.45, 2.75) is 257 Å². The van der Waals surface area contributed by atoms with Crippen molar-refractivity contribution in [1.82, 2.24) is 5.32 Å².